The molecule has 0 bridgehead atoms. The van der Waals surface area contributed by atoms with Crippen molar-refractivity contribution in [3.05, 3.63) is 77.9 Å². The first-order valence-corrected chi connectivity index (χ1v) is 13.1. The van der Waals surface area contributed by atoms with Gasteiger partial charge < -0.3 is 20.9 Å². The average molecular weight is 516 g/mol. The fourth-order valence-corrected chi connectivity index (χ4v) is 4.86. The second kappa shape index (κ2) is 11.6. The molecule has 198 valence electrons. The summed E-state index contributed by atoms with van der Waals surface area (Å²) in [6.45, 7) is 3.70. The van der Waals surface area contributed by atoms with Crippen LogP contribution < -0.4 is 16.0 Å². The molecule has 3 atom stereocenters. The normalized spacial score (nSPS) is 19.5. The number of hydrogen-bond acceptors (Lipinski definition) is 6. The topological polar surface area (TPSA) is 121 Å². The molecule has 0 radical (unpaired) electrons. The number of benzene rings is 2. The van der Waals surface area contributed by atoms with Crippen LogP contribution in [0.5, 0.6) is 0 Å². The second-order valence-corrected chi connectivity index (χ2v) is 10.0. The van der Waals surface area contributed by atoms with E-state index in [0.717, 1.165) is 25.1 Å². The van der Waals surface area contributed by atoms with E-state index in [0.29, 0.717) is 37.0 Å². The molecule has 1 saturated heterocycles. The summed E-state index contributed by atoms with van der Waals surface area (Å²) in [4.78, 5) is 39.8. The minimum Gasteiger partial charge on any atom is -0.353 e. The van der Waals surface area contributed by atoms with Gasteiger partial charge in [-0.3, -0.25) is 19.0 Å². The summed E-state index contributed by atoms with van der Waals surface area (Å²) in [6.07, 6.45) is 5.47. The molecule has 1 aliphatic heterocycles. The zero-order valence-electron chi connectivity index (χ0n) is 21.5. The predicted octanol–water partition coefficient (Wildman–Crippen LogP) is 1.56. The maximum Gasteiger partial charge on any atom is 0.251 e. The third-order valence-corrected chi connectivity index (χ3v) is 7.17. The quantitative estimate of drug-likeness (QED) is 0.353. The first-order valence-electron chi connectivity index (χ1n) is 13.1. The summed E-state index contributed by atoms with van der Waals surface area (Å²) in [5.41, 5.74) is 3.89. The average Bonchev–Trinajstić information content (AvgIpc) is 3.49. The summed E-state index contributed by atoms with van der Waals surface area (Å²) in [5, 5.41) is 16.8. The van der Waals surface area contributed by atoms with Gasteiger partial charge in [-0.2, -0.15) is 0 Å². The summed E-state index contributed by atoms with van der Waals surface area (Å²) in [7, 11) is 0. The van der Waals surface area contributed by atoms with Crippen molar-refractivity contribution in [3.63, 3.8) is 0 Å². The summed E-state index contributed by atoms with van der Waals surface area (Å²) >= 11 is 0. The molecule has 3 N–H and O–H groups in total. The monoisotopic (exact) mass is 515 g/mol. The Bertz CT molecular complexity index is 1260. The lowest BCUT2D eigenvalue weighted by molar-refractivity contribution is -0.139. The highest BCUT2D eigenvalue weighted by Crippen LogP contribution is 2.40. The number of hydrogen-bond donors (Lipinski definition) is 3. The lowest BCUT2D eigenvalue weighted by atomic mass is 10.1. The molecule has 3 amide bonds. The lowest BCUT2D eigenvalue weighted by Crippen LogP contribution is -2.56. The van der Waals surface area contributed by atoms with Crippen molar-refractivity contribution < 1.29 is 14.4 Å². The first-order chi connectivity index (χ1) is 18.5. The number of aryl methyl sites for hydroxylation is 1. The van der Waals surface area contributed by atoms with Crippen molar-refractivity contribution in [2.24, 2.45) is 0 Å². The molecule has 2 fully saturated rings. The Morgan fingerprint density at radius 3 is 2.53 bits per heavy atom. The molecule has 38 heavy (non-hydrogen) atoms. The van der Waals surface area contributed by atoms with E-state index in [4.69, 9.17) is 0 Å². The number of nitrogens with zero attached hydrogens (tertiary/aromatic N) is 4. The predicted molar refractivity (Wildman–Crippen MR) is 142 cm³/mol. The van der Waals surface area contributed by atoms with Crippen LogP contribution in [0, 0.1) is 6.92 Å². The van der Waals surface area contributed by atoms with Crippen LogP contribution in [0.25, 0.3) is 5.69 Å². The fraction of sp³-hybridized carbons (Fsp3) is 0.393. The highest BCUT2D eigenvalue weighted by molar-refractivity contribution is 5.98. The van der Waals surface area contributed by atoms with Gasteiger partial charge in [-0.25, -0.2) is 0 Å². The Balaban J connectivity index is 1.17. The largest absolute Gasteiger partial charge is 0.353 e. The summed E-state index contributed by atoms with van der Waals surface area (Å²) < 4.78 is 1.74. The van der Waals surface area contributed by atoms with Crippen LogP contribution in [0.4, 0.5) is 0 Å². The minimum absolute atomic E-state index is 0.0113. The highest BCUT2D eigenvalue weighted by Gasteiger charge is 2.37. The molecule has 10 heteroatoms. The number of amides is 3. The Morgan fingerprint density at radius 1 is 1.08 bits per heavy atom. The van der Waals surface area contributed by atoms with Gasteiger partial charge in [0.15, 0.2) is 0 Å². The van der Waals surface area contributed by atoms with Crippen LogP contribution in [0.1, 0.15) is 46.7 Å². The van der Waals surface area contributed by atoms with Crippen LogP contribution in [0.2, 0.25) is 0 Å². The van der Waals surface area contributed by atoms with E-state index < -0.39 is 6.04 Å². The van der Waals surface area contributed by atoms with Crippen molar-refractivity contribution in [1.82, 2.24) is 35.6 Å². The molecule has 1 aromatic heterocycles. The second-order valence-electron chi connectivity index (χ2n) is 10.0. The maximum absolute atomic E-state index is 13.3. The molecule has 2 aliphatic rings. The van der Waals surface area contributed by atoms with Crippen LogP contribution in [-0.2, 0) is 9.59 Å². The van der Waals surface area contributed by atoms with Gasteiger partial charge in [-0.05, 0) is 62.6 Å². The van der Waals surface area contributed by atoms with Crippen LogP contribution in [-0.4, -0.2) is 75.6 Å². The van der Waals surface area contributed by atoms with Gasteiger partial charge in [0.05, 0.1) is 6.54 Å². The molecule has 0 spiro atoms. The zero-order chi connectivity index (χ0) is 26.5. The number of rotatable bonds is 10. The van der Waals surface area contributed by atoms with E-state index in [2.05, 4.69) is 57.3 Å². The minimum atomic E-state index is -0.708. The third-order valence-electron chi connectivity index (χ3n) is 7.17. The van der Waals surface area contributed by atoms with Gasteiger partial charge in [-0.15, -0.1) is 10.2 Å². The Kier molecular flexibility index (Phi) is 7.78. The molecule has 2 heterocycles. The molecular formula is C28H33N7O3. The Hall–Kier alpha value is -4.05. The molecular weight excluding hydrogens is 482 g/mol. The van der Waals surface area contributed by atoms with E-state index in [9.17, 15) is 14.4 Å². The van der Waals surface area contributed by atoms with E-state index >= 15 is 0 Å². The number of carbonyl (C=O) groups excluding carboxylic acids is 3. The molecule has 1 saturated carbocycles. The van der Waals surface area contributed by atoms with E-state index in [1.807, 2.05) is 0 Å². The lowest BCUT2D eigenvalue weighted by Gasteiger charge is -2.30. The highest BCUT2D eigenvalue weighted by atomic mass is 16.2. The van der Waals surface area contributed by atoms with Crippen LogP contribution in [0.15, 0.2) is 61.2 Å². The van der Waals surface area contributed by atoms with Gasteiger partial charge in [0.25, 0.3) is 5.91 Å². The maximum atomic E-state index is 13.3. The molecule has 10 nitrogen and oxygen atoms in total. The van der Waals surface area contributed by atoms with Crippen molar-refractivity contribution in [2.45, 2.75) is 44.2 Å². The Labute approximate surface area is 221 Å². The SMILES string of the molecule is Cc1ccc([C@@H]2C[C@H]2NCCC[C@H](NC(=O)c2ccc(-n3cnnc3)cc2)C(=O)N2CCNC(=O)C2)cc1. The number of carbonyl (C=O) groups is 3. The Morgan fingerprint density at radius 2 is 1.82 bits per heavy atom. The third kappa shape index (κ3) is 6.25. The molecule has 1 aliphatic carbocycles. The first kappa shape index (κ1) is 25.6. The van der Waals surface area contributed by atoms with Gasteiger partial charge >= 0.3 is 0 Å². The van der Waals surface area contributed by atoms with Crippen molar-refractivity contribution >= 4 is 17.7 Å². The number of piperazine rings is 1. The van der Waals surface area contributed by atoms with E-state index in [1.165, 1.54) is 16.0 Å². The van der Waals surface area contributed by atoms with Crippen LogP contribution >= 0.6 is 0 Å². The molecule has 0 unspecified atom stereocenters. The van der Waals surface area contributed by atoms with Crippen molar-refractivity contribution in [3.8, 4) is 5.69 Å². The molecule has 2 aromatic carbocycles. The van der Waals surface area contributed by atoms with Gasteiger partial charge in [-0.1, -0.05) is 29.8 Å². The molecule has 5 rings (SSSR count). The number of nitrogens with one attached hydrogen (secondary N) is 3. The van der Waals surface area contributed by atoms with Crippen molar-refractivity contribution in [2.75, 3.05) is 26.2 Å². The zero-order valence-corrected chi connectivity index (χ0v) is 21.5. The number of aromatic nitrogens is 3. The van der Waals surface area contributed by atoms with Crippen LogP contribution in [0.3, 0.4) is 0 Å². The summed E-state index contributed by atoms with van der Waals surface area (Å²) in [5.74, 6) is -0.203. The van der Waals surface area contributed by atoms with E-state index in [-0.39, 0.29) is 24.3 Å². The fourth-order valence-electron chi connectivity index (χ4n) is 4.86. The van der Waals surface area contributed by atoms with Gasteiger partial charge in [0.1, 0.15) is 18.7 Å². The standard InChI is InChI=1S/C28H33N7O3/c1-19-4-6-20(7-5-19)23-15-25(23)29-12-2-3-24(28(38)34-14-13-30-26(36)16-34)33-27(37)21-8-10-22(11-9-21)35-17-31-32-18-35/h4-11,17-18,23-25,29H,2-3,12-16H2,1H3,(H,30,36)(H,33,37)/t23-,24-,25+/m0/s1. The van der Waals surface area contributed by atoms with Crippen molar-refractivity contribution in [1.29, 1.82) is 0 Å². The van der Waals surface area contributed by atoms with E-state index in [1.54, 1.807) is 41.5 Å². The van der Waals surface area contributed by atoms with Gasteiger partial charge in [0.2, 0.25) is 11.8 Å². The summed E-state index contributed by atoms with van der Waals surface area (Å²) in [6, 6.07) is 15.4. The smallest absolute Gasteiger partial charge is 0.251 e. The molecule has 3 aromatic rings. The van der Waals surface area contributed by atoms with Gasteiger partial charge in [0, 0.05) is 36.3 Å².